The fourth-order valence-corrected chi connectivity index (χ4v) is 3.41. The number of H-pyrrole nitrogens is 1. The Morgan fingerprint density at radius 3 is 2.32 bits per heavy atom. The van der Waals surface area contributed by atoms with Gasteiger partial charge in [0.1, 0.15) is 11.4 Å². The average molecular weight is 450 g/mol. The van der Waals surface area contributed by atoms with Crippen molar-refractivity contribution in [3.05, 3.63) is 66.7 Å². The van der Waals surface area contributed by atoms with Crippen molar-refractivity contribution in [2.75, 3.05) is 5.32 Å². The van der Waals surface area contributed by atoms with Crippen molar-refractivity contribution in [1.82, 2.24) is 4.98 Å². The van der Waals surface area contributed by atoms with E-state index in [2.05, 4.69) is 10.3 Å². The predicted molar refractivity (Wildman–Crippen MR) is 104 cm³/mol. The summed E-state index contributed by atoms with van der Waals surface area (Å²) in [6.45, 7) is 1.07. The Morgan fingerprint density at radius 2 is 1.75 bits per heavy atom. The molecule has 0 bridgehead atoms. The maximum atomic E-state index is 13.4. The molecule has 0 saturated carbocycles. The average Bonchev–Trinajstić information content (AvgIpc) is 2.57. The van der Waals surface area contributed by atoms with Crippen molar-refractivity contribution < 1.29 is 18.0 Å². The van der Waals surface area contributed by atoms with Crippen LogP contribution in [0, 0.1) is 0 Å². The number of anilines is 2. The highest BCUT2D eigenvalue weighted by Crippen LogP contribution is 2.37. The molecule has 0 aliphatic rings. The Kier molecular flexibility index (Phi) is 5.36. The lowest BCUT2D eigenvalue weighted by Crippen LogP contribution is -2.21. The maximum Gasteiger partial charge on any atom is 0.417 e. The number of halogens is 6. The minimum atomic E-state index is -4.81. The van der Waals surface area contributed by atoms with Crippen molar-refractivity contribution in [3.8, 4) is 0 Å². The van der Waals surface area contributed by atoms with Gasteiger partial charge in [-0.15, -0.1) is 0 Å². The lowest BCUT2D eigenvalue weighted by atomic mass is 10.0. The molecule has 4 nitrogen and oxygen atoms in total. The van der Waals surface area contributed by atoms with Crippen LogP contribution in [0.3, 0.4) is 0 Å². The van der Waals surface area contributed by atoms with Crippen molar-refractivity contribution >= 4 is 63.0 Å². The molecule has 3 rings (SSSR count). The molecule has 0 unspecified atom stereocenters. The van der Waals surface area contributed by atoms with Gasteiger partial charge in [0.15, 0.2) is 5.78 Å². The highest BCUT2D eigenvalue weighted by Gasteiger charge is 2.35. The van der Waals surface area contributed by atoms with Gasteiger partial charge in [-0.2, -0.15) is 13.2 Å². The first kappa shape index (κ1) is 20.5. The van der Waals surface area contributed by atoms with E-state index in [9.17, 15) is 22.8 Å². The molecule has 0 spiro atoms. The third-order valence-electron chi connectivity index (χ3n) is 3.96. The minimum Gasteiger partial charge on any atom is -0.340 e. The second-order valence-corrected chi connectivity index (χ2v) is 7.10. The molecule has 1 aromatic heterocycles. The van der Waals surface area contributed by atoms with Crippen LogP contribution in [0.4, 0.5) is 24.7 Å². The summed E-state index contributed by atoms with van der Waals surface area (Å²) in [7, 11) is 0. The van der Waals surface area contributed by atoms with Crippen molar-refractivity contribution in [1.29, 1.82) is 0 Å². The number of alkyl halides is 3. The van der Waals surface area contributed by atoms with Crippen molar-refractivity contribution in [3.63, 3.8) is 0 Å². The van der Waals surface area contributed by atoms with Gasteiger partial charge in [-0.3, -0.25) is 9.59 Å². The molecule has 1 heterocycles. The molecule has 0 radical (unpaired) electrons. The van der Waals surface area contributed by atoms with E-state index in [1.165, 1.54) is 18.2 Å². The lowest BCUT2D eigenvalue weighted by molar-refractivity contribution is -0.136. The molecule has 10 heteroatoms. The number of pyridine rings is 1. The number of nitrogens with one attached hydrogen (secondary N) is 2. The number of hydrogen-bond acceptors (Lipinski definition) is 3. The van der Waals surface area contributed by atoms with E-state index in [0.29, 0.717) is 11.1 Å². The largest absolute Gasteiger partial charge is 0.417 e. The van der Waals surface area contributed by atoms with E-state index >= 15 is 0 Å². The van der Waals surface area contributed by atoms with E-state index in [4.69, 9.17) is 34.8 Å². The number of carbonyl (C=O) groups excluding carboxylic acids is 1. The molecule has 2 aromatic carbocycles. The van der Waals surface area contributed by atoms with E-state index in [-0.39, 0.29) is 27.1 Å². The second-order valence-electron chi connectivity index (χ2n) is 5.85. The van der Waals surface area contributed by atoms with Gasteiger partial charge in [0.2, 0.25) is 5.43 Å². The van der Waals surface area contributed by atoms with Crippen molar-refractivity contribution in [2.24, 2.45) is 0 Å². The maximum absolute atomic E-state index is 13.4. The standard InChI is InChI=1S/C18H10Cl3F3N2O2/c1-7(27)13-16(28)14-9(18(22,23)24)3-4-10(20)15(14)26-17(13)25-12-5-2-8(19)6-11(12)21/h2-6H,1H3,(H2,25,26,28). The van der Waals surface area contributed by atoms with Crippen LogP contribution in [0.25, 0.3) is 10.9 Å². The van der Waals surface area contributed by atoms with E-state index in [0.717, 1.165) is 13.0 Å². The van der Waals surface area contributed by atoms with Gasteiger partial charge in [-0.05, 0) is 37.3 Å². The van der Waals surface area contributed by atoms with Gasteiger partial charge in [0.25, 0.3) is 0 Å². The van der Waals surface area contributed by atoms with Gasteiger partial charge in [-0.25, -0.2) is 0 Å². The topological polar surface area (TPSA) is 62.0 Å². The molecule has 0 saturated heterocycles. The highest BCUT2D eigenvalue weighted by molar-refractivity contribution is 6.36. The van der Waals surface area contributed by atoms with Gasteiger partial charge in [-0.1, -0.05) is 34.8 Å². The zero-order chi connectivity index (χ0) is 20.8. The Hall–Kier alpha value is -2.22. The first-order valence-electron chi connectivity index (χ1n) is 7.69. The number of fused-ring (bicyclic) bond motifs is 1. The summed E-state index contributed by atoms with van der Waals surface area (Å²) in [6.07, 6.45) is -4.81. The first-order chi connectivity index (χ1) is 13.0. The number of benzene rings is 2. The fourth-order valence-electron chi connectivity index (χ4n) is 2.75. The van der Waals surface area contributed by atoms with Crippen LogP contribution in [-0.4, -0.2) is 10.8 Å². The molecule has 0 fully saturated rings. The SMILES string of the molecule is CC(=O)c1c(Nc2ccc(Cl)cc2Cl)[nH]c2c(Cl)ccc(C(F)(F)F)c2c1=O. The van der Waals surface area contributed by atoms with Gasteiger partial charge >= 0.3 is 6.18 Å². The van der Waals surface area contributed by atoms with Crippen LogP contribution in [0.1, 0.15) is 22.8 Å². The number of rotatable bonds is 3. The molecule has 0 atom stereocenters. The molecule has 0 aliphatic carbocycles. The molecular formula is C18H10Cl3F3N2O2. The van der Waals surface area contributed by atoms with E-state index < -0.39 is 33.9 Å². The first-order valence-corrected chi connectivity index (χ1v) is 8.82. The molecule has 2 N–H and O–H groups in total. The van der Waals surface area contributed by atoms with Crippen molar-refractivity contribution in [2.45, 2.75) is 13.1 Å². The van der Waals surface area contributed by atoms with Crippen LogP contribution in [0.2, 0.25) is 15.1 Å². The predicted octanol–water partition coefficient (Wildman–Crippen LogP) is 6.45. The molecule has 146 valence electrons. The number of Topliss-reactive ketones (excluding diaryl/α,β-unsaturated/α-hetero) is 1. The summed E-state index contributed by atoms with van der Waals surface area (Å²) in [6, 6.07) is 6.15. The quantitative estimate of drug-likeness (QED) is 0.452. The highest BCUT2D eigenvalue weighted by atomic mass is 35.5. The monoisotopic (exact) mass is 448 g/mol. The summed E-state index contributed by atoms with van der Waals surface area (Å²) < 4.78 is 40.1. The molecule has 0 amide bonds. The minimum absolute atomic E-state index is 0.111. The summed E-state index contributed by atoms with van der Waals surface area (Å²) in [5, 5.41) is 2.47. The van der Waals surface area contributed by atoms with Gasteiger partial charge in [0.05, 0.1) is 32.2 Å². The third kappa shape index (κ3) is 3.70. The Balaban J connectivity index is 2.35. The molecular weight excluding hydrogens is 440 g/mol. The van der Waals surface area contributed by atoms with E-state index in [1.807, 2.05) is 0 Å². The summed E-state index contributed by atoms with van der Waals surface area (Å²) in [5.74, 6) is -0.862. The number of aromatic nitrogens is 1. The zero-order valence-electron chi connectivity index (χ0n) is 14.0. The summed E-state index contributed by atoms with van der Waals surface area (Å²) in [4.78, 5) is 27.6. The number of hydrogen-bond donors (Lipinski definition) is 2. The molecule has 0 aliphatic heterocycles. The second kappa shape index (κ2) is 7.31. The van der Waals surface area contributed by atoms with Gasteiger partial charge in [0, 0.05) is 5.02 Å². The van der Waals surface area contributed by atoms with Crippen LogP contribution < -0.4 is 10.7 Å². The number of carbonyl (C=O) groups is 1. The zero-order valence-corrected chi connectivity index (χ0v) is 16.2. The third-order valence-corrected chi connectivity index (χ3v) is 4.82. The fraction of sp³-hybridized carbons (Fsp3) is 0.111. The van der Waals surface area contributed by atoms with Crippen LogP contribution in [-0.2, 0) is 6.18 Å². The van der Waals surface area contributed by atoms with E-state index in [1.54, 1.807) is 0 Å². The Bertz CT molecular complexity index is 1170. The molecule has 3 aromatic rings. The number of ketones is 1. The summed E-state index contributed by atoms with van der Waals surface area (Å²) in [5.41, 5.74) is -2.73. The lowest BCUT2D eigenvalue weighted by Gasteiger charge is -2.16. The molecule has 28 heavy (non-hydrogen) atoms. The van der Waals surface area contributed by atoms with Crippen LogP contribution in [0.5, 0.6) is 0 Å². The smallest absolute Gasteiger partial charge is 0.340 e. The van der Waals surface area contributed by atoms with Crippen LogP contribution in [0.15, 0.2) is 35.1 Å². The number of aromatic amines is 1. The Labute approximate surface area is 171 Å². The summed E-state index contributed by atoms with van der Waals surface area (Å²) >= 11 is 17.9. The van der Waals surface area contributed by atoms with Crippen LogP contribution >= 0.6 is 34.8 Å². The normalized spacial score (nSPS) is 11.7. The Morgan fingerprint density at radius 1 is 1.07 bits per heavy atom. The van der Waals surface area contributed by atoms with Gasteiger partial charge < -0.3 is 10.3 Å².